The quantitative estimate of drug-likeness (QED) is 0.0535. The molecule has 0 aliphatic heterocycles. The first-order valence-electron chi connectivity index (χ1n) is 13.7. The number of ketones is 1. The van der Waals surface area contributed by atoms with Crippen molar-refractivity contribution in [2.24, 2.45) is 27.9 Å². The number of nitrogens with two attached hydrogens (primary N) is 4. The van der Waals surface area contributed by atoms with Gasteiger partial charge in [-0.2, -0.15) is 0 Å². The van der Waals surface area contributed by atoms with E-state index in [0.29, 0.717) is 57.3 Å². The van der Waals surface area contributed by atoms with Crippen molar-refractivity contribution in [2.45, 2.75) is 50.6 Å². The fraction of sp³-hybridized carbons (Fsp3) is 0.414. The van der Waals surface area contributed by atoms with Crippen LogP contribution in [0.2, 0.25) is 0 Å². The molecule has 0 bridgehead atoms. The molecular weight excluding hydrogens is 524 g/mol. The molecule has 3 amide bonds. The number of nitrogens with one attached hydrogen (secondary N) is 3. The third kappa shape index (κ3) is 12.6. The van der Waals surface area contributed by atoms with Gasteiger partial charge in [0.25, 0.3) is 0 Å². The minimum Gasteiger partial charge on any atom is -0.370 e. The molecule has 0 fully saturated rings. The second-order valence-corrected chi connectivity index (χ2v) is 9.62. The van der Waals surface area contributed by atoms with E-state index in [0.717, 1.165) is 11.1 Å². The molecule has 0 spiro atoms. The molecule has 2 rings (SSSR count). The van der Waals surface area contributed by atoms with Crippen LogP contribution in [-0.2, 0) is 14.4 Å². The van der Waals surface area contributed by atoms with Gasteiger partial charge in [-0.05, 0) is 49.8 Å². The van der Waals surface area contributed by atoms with E-state index in [2.05, 4.69) is 20.9 Å². The minimum atomic E-state index is -1.09. The van der Waals surface area contributed by atoms with E-state index in [9.17, 15) is 19.2 Å². The van der Waals surface area contributed by atoms with Crippen molar-refractivity contribution in [3.05, 3.63) is 60.2 Å². The van der Waals surface area contributed by atoms with E-state index in [4.69, 9.17) is 22.9 Å². The summed E-state index contributed by atoms with van der Waals surface area (Å²) in [6.07, 6.45) is 2.64. The van der Waals surface area contributed by atoms with E-state index in [1.807, 2.05) is 42.5 Å². The van der Waals surface area contributed by atoms with Gasteiger partial charge in [0.1, 0.15) is 6.04 Å². The number of carbonyl (C=O) groups excluding carboxylic acids is 4. The number of carbonyl (C=O) groups is 4. The summed E-state index contributed by atoms with van der Waals surface area (Å²) >= 11 is 0. The molecule has 222 valence electrons. The average molecular weight is 567 g/mol. The van der Waals surface area contributed by atoms with E-state index in [-0.39, 0.29) is 30.6 Å². The molecule has 0 heterocycles. The molecule has 0 saturated heterocycles. The highest BCUT2D eigenvalue weighted by Gasteiger charge is 2.27. The molecule has 0 aliphatic rings. The predicted molar refractivity (Wildman–Crippen MR) is 160 cm³/mol. The van der Waals surface area contributed by atoms with Crippen molar-refractivity contribution in [2.75, 3.05) is 26.2 Å². The van der Waals surface area contributed by atoms with Gasteiger partial charge >= 0.3 is 0 Å². The SMILES string of the molecule is NCCCC[C@H](NC(=O)[C@H](CC(N)=O)NCC(=O)c1ccc(-c2ccccc2)cc1)C(=O)NCCCCN=C(N)N. The Kier molecular flexibility index (Phi) is 14.6. The largest absolute Gasteiger partial charge is 0.370 e. The van der Waals surface area contributed by atoms with Gasteiger partial charge in [-0.1, -0.05) is 54.6 Å². The first-order valence-corrected chi connectivity index (χ1v) is 13.7. The smallest absolute Gasteiger partial charge is 0.242 e. The third-order valence-electron chi connectivity index (χ3n) is 6.30. The Balaban J connectivity index is 1.98. The second-order valence-electron chi connectivity index (χ2n) is 9.62. The Morgan fingerprint density at radius 3 is 2.10 bits per heavy atom. The van der Waals surface area contributed by atoms with E-state index >= 15 is 0 Å². The van der Waals surface area contributed by atoms with Crippen molar-refractivity contribution in [3.8, 4) is 11.1 Å². The van der Waals surface area contributed by atoms with Gasteiger partial charge in [0.2, 0.25) is 17.7 Å². The van der Waals surface area contributed by atoms with Gasteiger partial charge in [0, 0.05) is 18.7 Å². The van der Waals surface area contributed by atoms with Crippen LogP contribution in [0, 0.1) is 0 Å². The van der Waals surface area contributed by atoms with Gasteiger partial charge < -0.3 is 33.6 Å². The van der Waals surface area contributed by atoms with Crippen LogP contribution in [0.15, 0.2) is 59.6 Å². The van der Waals surface area contributed by atoms with Gasteiger partial charge in [-0.3, -0.25) is 29.5 Å². The average Bonchev–Trinajstić information content (AvgIpc) is 2.96. The molecule has 2 aromatic carbocycles. The second kappa shape index (κ2) is 18.1. The summed E-state index contributed by atoms with van der Waals surface area (Å²) in [7, 11) is 0. The highest BCUT2D eigenvalue weighted by Crippen LogP contribution is 2.19. The van der Waals surface area contributed by atoms with Crippen LogP contribution >= 0.6 is 0 Å². The van der Waals surface area contributed by atoms with Crippen molar-refractivity contribution in [3.63, 3.8) is 0 Å². The lowest BCUT2D eigenvalue weighted by Gasteiger charge is -2.22. The summed E-state index contributed by atoms with van der Waals surface area (Å²) in [6.45, 7) is 1.08. The predicted octanol–water partition coefficient (Wildman–Crippen LogP) is 0.154. The third-order valence-corrected chi connectivity index (χ3v) is 6.30. The Morgan fingerprint density at radius 1 is 0.780 bits per heavy atom. The summed E-state index contributed by atoms with van der Waals surface area (Å²) in [5.41, 5.74) is 24.0. The number of aliphatic imine (C=N–C) groups is 1. The molecule has 2 aromatic rings. The number of hydrogen-bond donors (Lipinski definition) is 7. The Labute approximate surface area is 240 Å². The fourth-order valence-electron chi connectivity index (χ4n) is 4.07. The highest BCUT2D eigenvalue weighted by atomic mass is 16.2. The van der Waals surface area contributed by atoms with Crippen molar-refractivity contribution < 1.29 is 19.2 Å². The van der Waals surface area contributed by atoms with Crippen LogP contribution in [0.3, 0.4) is 0 Å². The lowest BCUT2D eigenvalue weighted by molar-refractivity contribution is -0.131. The highest BCUT2D eigenvalue weighted by molar-refractivity contribution is 5.99. The molecule has 0 saturated carbocycles. The molecule has 0 unspecified atom stereocenters. The number of rotatable bonds is 19. The monoisotopic (exact) mass is 566 g/mol. The number of benzene rings is 2. The maximum atomic E-state index is 13.1. The van der Waals surface area contributed by atoms with Crippen molar-refractivity contribution >= 4 is 29.5 Å². The topological polar surface area (TPSA) is 221 Å². The van der Waals surface area contributed by atoms with E-state index in [1.54, 1.807) is 12.1 Å². The van der Waals surface area contributed by atoms with Gasteiger partial charge in [-0.25, -0.2) is 0 Å². The Morgan fingerprint density at radius 2 is 1.46 bits per heavy atom. The number of hydrogen-bond acceptors (Lipinski definition) is 7. The number of unbranched alkanes of at least 4 members (excludes halogenated alkanes) is 2. The summed E-state index contributed by atoms with van der Waals surface area (Å²) in [5, 5.41) is 8.35. The zero-order chi connectivity index (χ0) is 30.0. The molecule has 0 aromatic heterocycles. The number of primary amides is 1. The van der Waals surface area contributed by atoms with Gasteiger partial charge in [-0.15, -0.1) is 0 Å². The molecule has 11 N–H and O–H groups in total. The standard InChI is InChI=1S/C29H42N8O4/c30-15-5-4-10-23(27(40)34-16-6-7-17-35-29(32)33)37-28(41)24(18-26(31)39)36-19-25(38)22-13-11-21(12-14-22)20-8-2-1-3-9-20/h1-3,8-9,11-14,23-24,36H,4-7,10,15-19,30H2,(H2,31,39)(H,34,40)(H,37,41)(H4,32,33,35)/t23-,24-/m0/s1. The summed E-state index contributed by atoms with van der Waals surface area (Å²) in [4.78, 5) is 54.4. The molecule has 12 heteroatoms. The fourth-order valence-corrected chi connectivity index (χ4v) is 4.07. The number of amides is 3. The van der Waals surface area contributed by atoms with E-state index in [1.165, 1.54) is 0 Å². The molecule has 0 radical (unpaired) electrons. The molecule has 2 atom stereocenters. The summed E-state index contributed by atoms with van der Waals surface area (Å²) in [5.74, 6) is -1.92. The van der Waals surface area contributed by atoms with Crippen LogP contribution in [0.25, 0.3) is 11.1 Å². The Hall–Kier alpha value is -4.29. The number of guanidine groups is 1. The van der Waals surface area contributed by atoms with Crippen LogP contribution in [0.1, 0.15) is 48.9 Å². The first-order chi connectivity index (χ1) is 19.7. The van der Waals surface area contributed by atoms with Gasteiger partial charge in [0.05, 0.1) is 19.0 Å². The maximum Gasteiger partial charge on any atom is 0.242 e. The lowest BCUT2D eigenvalue weighted by Crippen LogP contribution is -2.54. The van der Waals surface area contributed by atoms with Crippen LogP contribution < -0.4 is 38.9 Å². The summed E-state index contributed by atoms with van der Waals surface area (Å²) < 4.78 is 0. The van der Waals surface area contributed by atoms with Gasteiger partial charge in [0.15, 0.2) is 11.7 Å². The van der Waals surface area contributed by atoms with Crippen LogP contribution in [-0.4, -0.2) is 67.7 Å². The summed E-state index contributed by atoms with van der Waals surface area (Å²) in [6, 6.07) is 14.9. The van der Waals surface area contributed by atoms with Crippen molar-refractivity contribution in [1.29, 1.82) is 0 Å². The number of nitrogens with zero attached hydrogens (tertiary/aromatic N) is 1. The lowest BCUT2D eigenvalue weighted by atomic mass is 10.0. The van der Waals surface area contributed by atoms with Crippen molar-refractivity contribution in [1.82, 2.24) is 16.0 Å². The number of Topliss-reactive ketones (excluding diaryl/α,β-unsaturated/α-hetero) is 1. The van der Waals surface area contributed by atoms with E-state index < -0.39 is 23.9 Å². The Bertz CT molecular complexity index is 1150. The first kappa shape index (κ1) is 32.9. The zero-order valence-electron chi connectivity index (χ0n) is 23.3. The van der Waals surface area contributed by atoms with Crippen LogP contribution in [0.5, 0.6) is 0 Å². The molecule has 41 heavy (non-hydrogen) atoms. The van der Waals surface area contributed by atoms with Crippen LogP contribution in [0.4, 0.5) is 0 Å². The zero-order valence-corrected chi connectivity index (χ0v) is 23.3. The minimum absolute atomic E-state index is 0.0125. The molecule has 12 nitrogen and oxygen atoms in total. The molecule has 0 aliphatic carbocycles. The maximum absolute atomic E-state index is 13.1. The molecular formula is C29H42N8O4. The normalized spacial score (nSPS) is 12.1.